The smallest absolute Gasteiger partial charge is 0.267 e. The van der Waals surface area contributed by atoms with Crippen molar-refractivity contribution in [3.8, 4) is 22.4 Å². The first-order valence-electron chi connectivity index (χ1n) is 8.74. The molecule has 0 aliphatic rings. The van der Waals surface area contributed by atoms with E-state index in [9.17, 15) is 18.0 Å². The molecule has 0 N–H and O–H groups in total. The molecular weight excluding hydrogens is 379 g/mol. The van der Waals surface area contributed by atoms with Crippen LogP contribution in [0.5, 0.6) is 0 Å². The van der Waals surface area contributed by atoms with Gasteiger partial charge in [0.1, 0.15) is 0 Å². The molecule has 4 rings (SSSR count). The second-order valence-electron chi connectivity index (χ2n) is 6.40. The third-order valence-corrected chi connectivity index (χ3v) is 4.42. The summed E-state index contributed by atoms with van der Waals surface area (Å²) < 4.78 is 41.5. The molecule has 0 spiro atoms. The van der Waals surface area contributed by atoms with Crippen LogP contribution in [0.15, 0.2) is 77.9 Å². The molecule has 29 heavy (non-hydrogen) atoms. The maximum Gasteiger partial charge on any atom is 0.267 e. The zero-order valence-electron chi connectivity index (χ0n) is 15.0. The summed E-state index contributed by atoms with van der Waals surface area (Å²) in [5.41, 5.74) is 2.59. The SMILES string of the molecule is O=c1ccc(-c2cc(F)c(F)c(F)c2)nn1Cc1cccc(-c2ccncc2)c1. The van der Waals surface area contributed by atoms with Crippen molar-refractivity contribution in [3.05, 3.63) is 106 Å². The lowest BCUT2D eigenvalue weighted by Gasteiger charge is -2.09. The van der Waals surface area contributed by atoms with Gasteiger partial charge in [0, 0.05) is 24.0 Å². The van der Waals surface area contributed by atoms with Crippen molar-refractivity contribution in [1.82, 2.24) is 14.8 Å². The minimum atomic E-state index is -1.55. The molecule has 4 nitrogen and oxygen atoms in total. The van der Waals surface area contributed by atoms with Gasteiger partial charge in [0.05, 0.1) is 12.2 Å². The van der Waals surface area contributed by atoms with Crippen molar-refractivity contribution in [3.63, 3.8) is 0 Å². The van der Waals surface area contributed by atoms with E-state index in [1.54, 1.807) is 12.4 Å². The quantitative estimate of drug-likeness (QED) is 0.482. The van der Waals surface area contributed by atoms with Crippen LogP contribution in [0.2, 0.25) is 0 Å². The fourth-order valence-corrected chi connectivity index (χ4v) is 2.99. The standard InChI is InChI=1S/C22H14F3N3O/c23-18-11-17(12-19(24)22(18)25)20-4-5-21(29)28(27-20)13-14-2-1-3-16(10-14)15-6-8-26-9-7-15/h1-12H,13H2. The molecule has 0 fully saturated rings. The highest BCUT2D eigenvalue weighted by atomic mass is 19.2. The van der Waals surface area contributed by atoms with Crippen LogP contribution in [0.1, 0.15) is 5.56 Å². The van der Waals surface area contributed by atoms with Crippen LogP contribution in [-0.4, -0.2) is 14.8 Å². The average molecular weight is 393 g/mol. The van der Waals surface area contributed by atoms with E-state index >= 15 is 0 Å². The summed E-state index contributed by atoms with van der Waals surface area (Å²) in [6.07, 6.45) is 3.39. The third kappa shape index (κ3) is 3.94. The molecule has 4 aromatic rings. The first kappa shape index (κ1) is 18.6. The molecule has 0 bridgehead atoms. The van der Waals surface area contributed by atoms with Gasteiger partial charge in [-0.2, -0.15) is 5.10 Å². The highest BCUT2D eigenvalue weighted by Crippen LogP contribution is 2.22. The zero-order chi connectivity index (χ0) is 20.4. The molecule has 0 saturated carbocycles. The number of aromatic nitrogens is 3. The average Bonchev–Trinajstić information content (AvgIpc) is 2.74. The van der Waals surface area contributed by atoms with Gasteiger partial charge in [-0.1, -0.05) is 18.2 Å². The largest absolute Gasteiger partial charge is 0.268 e. The van der Waals surface area contributed by atoms with E-state index in [-0.39, 0.29) is 23.4 Å². The minimum absolute atomic E-state index is 0.0423. The van der Waals surface area contributed by atoms with Gasteiger partial charge < -0.3 is 0 Å². The Kier molecular flexibility index (Phi) is 4.95. The summed E-state index contributed by atoms with van der Waals surface area (Å²) in [5, 5.41) is 4.19. The Morgan fingerprint density at radius 2 is 1.52 bits per heavy atom. The van der Waals surface area contributed by atoms with E-state index in [1.807, 2.05) is 36.4 Å². The van der Waals surface area contributed by atoms with E-state index in [1.165, 1.54) is 16.8 Å². The van der Waals surface area contributed by atoms with Gasteiger partial charge in [0.25, 0.3) is 5.56 Å². The Bertz CT molecular complexity index is 1220. The Morgan fingerprint density at radius 3 is 2.24 bits per heavy atom. The van der Waals surface area contributed by atoms with E-state index in [0.717, 1.165) is 28.8 Å². The number of nitrogens with zero attached hydrogens (tertiary/aromatic N) is 3. The van der Waals surface area contributed by atoms with Gasteiger partial charge in [-0.15, -0.1) is 0 Å². The lowest BCUT2D eigenvalue weighted by atomic mass is 10.0. The monoisotopic (exact) mass is 393 g/mol. The van der Waals surface area contributed by atoms with Crippen LogP contribution >= 0.6 is 0 Å². The normalized spacial score (nSPS) is 10.9. The van der Waals surface area contributed by atoms with Crippen LogP contribution in [-0.2, 0) is 6.54 Å². The molecule has 0 atom stereocenters. The maximum atomic E-state index is 13.5. The predicted octanol–water partition coefficient (Wildman–Crippen LogP) is 4.44. The van der Waals surface area contributed by atoms with Crippen LogP contribution < -0.4 is 5.56 Å². The molecule has 0 unspecified atom stereocenters. The summed E-state index contributed by atoms with van der Waals surface area (Å²) in [5.74, 6) is -4.18. The molecule has 0 saturated heterocycles. The lowest BCUT2D eigenvalue weighted by Crippen LogP contribution is -2.22. The van der Waals surface area contributed by atoms with E-state index < -0.39 is 17.5 Å². The Hall–Kier alpha value is -3.74. The van der Waals surface area contributed by atoms with E-state index in [4.69, 9.17) is 0 Å². The topological polar surface area (TPSA) is 47.8 Å². The second-order valence-corrected chi connectivity index (χ2v) is 6.40. The van der Waals surface area contributed by atoms with Gasteiger partial charge >= 0.3 is 0 Å². The molecular formula is C22H14F3N3O. The molecule has 0 amide bonds. The number of hydrogen-bond acceptors (Lipinski definition) is 3. The second kappa shape index (κ2) is 7.71. The van der Waals surface area contributed by atoms with Crippen molar-refractivity contribution in [2.24, 2.45) is 0 Å². The first-order valence-corrected chi connectivity index (χ1v) is 8.74. The number of benzene rings is 2. The molecule has 0 radical (unpaired) electrons. The molecule has 2 aromatic carbocycles. The zero-order valence-corrected chi connectivity index (χ0v) is 15.0. The van der Waals surface area contributed by atoms with E-state index in [2.05, 4.69) is 10.1 Å². The minimum Gasteiger partial charge on any atom is -0.268 e. The molecule has 7 heteroatoms. The van der Waals surface area contributed by atoms with Crippen LogP contribution in [0.4, 0.5) is 13.2 Å². The van der Waals surface area contributed by atoms with Crippen molar-refractivity contribution < 1.29 is 13.2 Å². The summed E-state index contributed by atoms with van der Waals surface area (Å²) in [6, 6.07) is 15.6. The lowest BCUT2D eigenvalue weighted by molar-refractivity contribution is 0.447. The predicted molar refractivity (Wildman–Crippen MR) is 103 cm³/mol. The highest BCUT2D eigenvalue weighted by Gasteiger charge is 2.13. The van der Waals surface area contributed by atoms with Crippen LogP contribution in [0, 0.1) is 17.5 Å². The summed E-state index contributed by atoms with van der Waals surface area (Å²) in [4.78, 5) is 16.2. The summed E-state index contributed by atoms with van der Waals surface area (Å²) in [6.45, 7) is 0.164. The molecule has 0 aliphatic heterocycles. The maximum absolute atomic E-state index is 13.5. The van der Waals surface area contributed by atoms with Crippen molar-refractivity contribution in [2.45, 2.75) is 6.54 Å². The van der Waals surface area contributed by atoms with Crippen LogP contribution in [0.25, 0.3) is 22.4 Å². The van der Waals surface area contributed by atoms with Crippen molar-refractivity contribution in [1.29, 1.82) is 0 Å². The number of rotatable bonds is 4. The molecule has 0 aliphatic carbocycles. The number of halogens is 3. The number of hydrogen-bond donors (Lipinski definition) is 0. The Balaban J connectivity index is 1.69. The van der Waals surface area contributed by atoms with Gasteiger partial charge in [0.15, 0.2) is 17.5 Å². The first-order chi connectivity index (χ1) is 14.0. The fraction of sp³-hybridized carbons (Fsp3) is 0.0455. The van der Waals surface area contributed by atoms with E-state index in [0.29, 0.717) is 0 Å². The third-order valence-electron chi connectivity index (χ3n) is 4.42. The summed E-state index contributed by atoms with van der Waals surface area (Å²) in [7, 11) is 0. The van der Waals surface area contributed by atoms with Gasteiger partial charge in [-0.05, 0) is 53.1 Å². The van der Waals surface area contributed by atoms with Crippen molar-refractivity contribution in [2.75, 3.05) is 0 Å². The van der Waals surface area contributed by atoms with Gasteiger partial charge in [-0.25, -0.2) is 17.9 Å². The van der Waals surface area contributed by atoms with Crippen LogP contribution in [0.3, 0.4) is 0 Å². The Morgan fingerprint density at radius 1 is 0.793 bits per heavy atom. The molecule has 144 valence electrons. The van der Waals surface area contributed by atoms with Gasteiger partial charge in [-0.3, -0.25) is 9.78 Å². The Labute approximate surface area is 163 Å². The van der Waals surface area contributed by atoms with Gasteiger partial charge in [0.2, 0.25) is 0 Å². The number of pyridine rings is 1. The summed E-state index contributed by atoms with van der Waals surface area (Å²) >= 11 is 0. The fourth-order valence-electron chi connectivity index (χ4n) is 2.99. The molecule has 2 aromatic heterocycles. The molecule has 2 heterocycles. The highest BCUT2D eigenvalue weighted by molar-refractivity contribution is 5.63. The van der Waals surface area contributed by atoms with Crippen molar-refractivity contribution >= 4 is 0 Å².